The lowest BCUT2D eigenvalue weighted by atomic mass is 10.1. The van der Waals surface area contributed by atoms with E-state index >= 15 is 0 Å². The fraction of sp³-hybridized carbons (Fsp3) is 0.286. The highest BCUT2D eigenvalue weighted by Crippen LogP contribution is 2.32. The predicted molar refractivity (Wildman–Crippen MR) is 73.2 cm³/mol. The van der Waals surface area contributed by atoms with Gasteiger partial charge in [0.25, 0.3) is 0 Å². The molecule has 0 aliphatic carbocycles. The van der Waals surface area contributed by atoms with Gasteiger partial charge >= 0.3 is 5.97 Å². The molecule has 1 aromatic carbocycles. The van der Waals surface area contributed by atoms with E-state index in [1.54, 1.807) is 24.3 Å². The van der Waals surface area contributed by atoms with E-state index in [1.807, 2.05) is 0 Å². The number of amides is 1. The number of carboxylic acid groups (broad SMARTS) is 1. The predicted octanol–water partition coefficient (Wildman–Crippen LogP) is 2.06. The number of benzene rings is 1. The Morgan fingerprint density at radius 2 is 2.21 bits per heavy atom. The van der Waals surface area contributed by atoms with Gasteiger partial charge in [-0.1, -0.05) is 34.1 Å². The van der Waals surface area contributed by atoms with Crippen LogP contribution in [0, 0.1) is 18.3 Å². The number of halogens is 1. The van der Waals surface area contributed by atoms with Crippen molar-refractivity contribution in [3.05, 3.63) is 34.3 Å². The summed E-state index contributed by atoms with van der Waals surface area (Å²) >= 11 is 3.32. The van der Waals surface area contributed by atoms with Crippen molar-refractivity contribution in [2.75, 3.05) is 6.54 Å². The van der Waals surface area contributed by atoms with Gasteiger partial charge in [0.1, 0.15) is 0 Å². The van der Waals surface area contributed by atoms with Gasteiger partial charge in [-0.2, -0.15) is 0 Å². The van der Waals surface area contributed by atoms with E-state index in [4.69, 9.17) is 6.42 Å². The minimum atomic E-state index is -1.06. The van der Waals surface area contributed by atoms with Crippen LogP contribution >= 0.6 is 15.9 Å². The lowest BCUT2D eigenvalue weighted by Crippen LogP contribution is -2.35. The first kappa shape index (κ1) is 13.6. The van der Waals surface area contributed by atoms with E-state index in [1.165, 1.54) is 4.90 Å². The van der Waals surface area contributed by atoms with Crippen molar-refractivity contribution in [2.24, 2.45) is 5.92 Å². The van der Waals surface area contributed by atoms with Crippen molar-refractivity contribution in [1.29, 1.82) is 0 Å². The molecular formula is C14H12BrNO3. The first-order chi connectivity index (χ1) is 9.04. The third kappa shape index (κ3) is 2.64. The molecule has 2 atom stereocenters. The van der Waals surface area contributed by atoms with Crippen molar-refractivity contribution < 1.29 is 14.7 Å². The van der Waals surface area contributed by atoms with Crippen LogP contribution in [0.15, 0.2) is 28.7 Å². The Hall–Kier alpha value is -1.80. The largest absolute Gasteiger partial charge is 0.479 e. The number of carbonyl (C=O) groups is 2. The highest BCUT2D eigenvalue weighted by atomic mass is 79.9. The van der Waals surface area contributed by atoms with E-state index < -0.39 is 12.0 Å². The average molecular weight is 322 g/mol. The van der Waals surface area contributed by atoms with E-state index in [0.717, 1.165) is 0 Å². The van der Waals surface area contributed by atoms with Crippen LogP contribution in [0.3, 0.4) is 0 Å². The van der Waals surface area contributed by atoms with Gasteiger partial charge in [-0.05, 0) is 6.07 Å². The van der Waals surface area contributed by atoms with Gasteiger partial charge in [-0.25, -0.2) is 4.79 Å². The quantitative estimate of drug-likeness (QED) is 0.867. The van der Waals surface area contributed by atoms with Crippen LogP contribution in [0.4, 0.5) is 0 Å². The summed E-state index contributed by atoms with van der Waals surface area (Å²) in [4.78, 5) is 24.8. The fourth-order valence-electron chi connectivity index (χ4n) is 2.22. The summed E-state index contributed by atoms with van der Waals surface area (Å²) < 4.78 is 0.666. The monoisotopic (exact) mass is 321 g/mol. The smallest absolute Gasteiger partial charge is 0.331 e. The summed E-state index contributed by atoms with van der Waals surface area (Å²) in [6, 6.07) is 5.99. The average Bonchev–Trinajstić information content (AvgIpc) is 2.73. The van der Waals surface area contributed by atoms with Crippen LogP contribution in [0.1, 0.15) is 18.0 Å². The maximum atomic E-state index is 11.9. The number of aliphatic carboxylic acids is 1. The molecule has 98 valence electrons. The molecule has 1 aromatic rings. The minimum Gasteiger partial charge on any atom is -0.479 e. The summed E-state index contributed by atoms with van der Waals surface area (Å²) in [6.07, 6.45) is 5.53. The van der Waals surface area contributed by atoms with Crippen LogP contribution in [0.25, 0.3) is 0 Å². The Morgan fingerprint density at radius 3 is 2.74 bits per heavy atom. The van der Waals surface area contributed by atoms with Gasteiger partial charge in [0.2, 0.25) is 5.91 Å². The number of terminal acetylenes is 1. The zero-order valence-electron chi connectivity index (χ0n) is 10.0. The van der Waals surface area contributed by atoms with Crippen molar-refractivity contribution in [3.8, 4) is 12.3 Å². The van der Waals surface area contributed by atoms with Gasteiger partial charge in [-0.3, -0.25) is 4.79 Å². The summed E-state index contributed by atoms with van der Waals surface area (Å²) in [5.41, 5.74) is 0.557. The second kappa shape index (κ2) is 5.45. The maximum Gasteiger partial charge on any atom is 0.331 e. The van der Waals surface area contributed by atoms with Gasteiger partial charge in [0, 0.05) is 28.9 Å². The molecule has 4 nitrogen and oxygen atoms in total. The van der Waals surface area contributed by atoms with Crippen LogP contribution in [0.5, 0.6) is 0 Å². The van der Waals surface area contributed by atoms with E-state index in [2.05, 4.69) is 21.9 Å². The highest BCUT2D eigenvalue weighted by molar-refractivity contribution is 9.10. The second-order valence-electron chi connectivity index (χ2n) is 4.38. The second-order valence-corrected chi connectivity index (χ2v) is 5.23. The molecule has 1 saturated heterocycles. The topological polar surface area (TPSA) is 57.6 Å². The third-order valence-electron chi connectivity index (χ3n) is 3.14. The summed E-state index contributed by atoms with van der Waals surface area (Å²) in [7, 11) is 0. The number of rotatable bonds is 3. The van der Waals surface area contributed by atoms with Crippen molar-refractivity contribution in [3.63, 3.8) is 0 Å². The Kier molecular flexibility index (Phi) is 3.91. The van der Waals surface area contributed by atoms with Crippen LogP contribution in [-0.4, -0.2) is 28.4 Å². The zero-order valence-corrected chi connectivity index (χ0v) is 11.6. The Labute approximate surface area is 119 Å². The number of hydrogen-bond donors (Lipinski definition) is 1. The molecule has 1 aliphatic heterocycles. The first-order valence-electron chi connectivity index (χ1n) is 5.77. The Morgan fingerprint density at radius 1 is 1.53 bits per heavy atom. The van der Waals surface area contributed by atoms with Crippen LogP contribution in [-0.2, 0) is 9.59 Å². The molecule has 1 amide bonds. The molecule has 2 rings (SSSR count). The Bertz CT molecular complexity index is 564. The van der Waals surface area contributed by atoms with E-state index in [-0.39, 0.29) is 24.8 Å². The minimum absolute atomic E-state index is 0.211. The van der Waals surface area contributed by atoms with Crippen LogP contribution < -0.4 is 0 Å². The molecule has 0 aromatic heterocycles. The highest BCUT2D eigenvalue weighted by Gasteiger charge is 2.38. The molecule has 2 unspecified atom stereocenters. The standard InChI is InChI=1S/C14H12BrNO3/c1-2-9-7-12(17)16(8-9)13(14(18)19)10-5-3-4-6-11(10)15/h1,3-6,9,13H,7-8H2,(H,18,19). The molecular weight excluding hydrogens is 310 g/mol. The molecule has 5 heteroatoms. The first-order valence-corrected chi connectivity index (χ1v) is 6.56. The third-order valence-corrected chi connectivity index (χ3v) is 3.86. The molecule has 0 saturated carbocycles. The zero-order chi connectivity index (χ0) is 14.0. The normalized spacial score (nSPS) is 20.1. The lowest BCUT2D eigenvalue weighted by molar-refractivity contribution is -0.148. The van der Waals surface area contributed by atoms with Crippen molar-refractivity contribution >= 4 is 27.8 Å². The summed E-state index contributed by atoms with van der Waals surface area (Å²) in [5.74, 6) is 1.03. The molecule has 1 aliphatic rings. The van der Waals surface area contributed by atoms with Crippen LogP contribution in [0.2, 0.25) is 0 Å². The molecule has 19 heavy (non-hydrogen) atoms. The summed E-state index contributed by atoms with van der Waals surface area (Å²) in [5, 5.41) is 9.42. The molecule has 0 bridgehead atoms. The van der Waals surface area contributed by atoms with Gasteiger partial charge in [0.05, 0.1) is 0 Å². The molecule has 1 N–H and O–H groups in total. The Balaban J connectivity index is 2.38. The van der Waals surface area contributed by atoms with Crippen molar-refractivity contribution in [2.45, 2.75) is 12.5 Å². The SMILES string of the molecule is C#CC1CC(=O)N(C(C(=O)O)c2ccccc2Br)C1. The molecule has 1 fully saturated rings. The number of nitrogens with zero attached hydrogens (tertiary/aromatic N) is 1. The maximum absolute atomic E-state index is 11.9. The van der Waals surface area contributed by atoms with Gasteiger partial charge in [0.15, 0.2) is 6.04 Å². The number of hydrogen-bond acceptors (Lipinski definition) is 2. The number of carboxylic acids is 1. The molecule has 1 heterocycles. The molecule has 0 radical (unpaired) electrons. The number of carbonyl (C=O) groups excluding carboxylic acids is 1. The number of likely N-dealkylation sites (tertiary alicyclic amines) is 1. The fourth-order valence-corrected chi connectivity index (χ4v) is 2.73. The van der Waals surface area contributed by atoms with Gasteiger partial charge in [-0.15, -0.1) is 12.3 Å². The van der Waals surface area contributed by atoms with Gasteiger partial charge < -0.3 is 10.0 Å². The molecule has 0 spiro atoms. The lowest BCUT2D eigenvalue weighted by Gasteiger charge is -2.25. The van der Waals surface area contributed by atoms with E-state index in [9.17, 15) is 14.7 Å². The van der Waals surface area contributed by atoms with Crippen molar-refractivity contribution in [1.82, 2.24) is 4.90 Å². The van der Waals surface area contributed by atoms with E-state index in [0.29, 0.717) is 10.0 Å². The summed E-state index contributed by atoms with van der Waals surface area (Å²) in [6.45, 7) is 0.285.